The van der Waals surface area contributed by atoms with E-state index in [1.54, 1.807) is 18.2 Å². The molecule has 5 heteroatoms. The van der Waals surface area contributed by atoms with Crippen LogP contribution in [0.25, 0.3) is 0 Å². The fraction of sp³-hybridized carbons (Fsp3) is 0.333. The van der Waals surface area contributed by atoms with Gasteiger partial charge in [0.15, 0.2) is 0 Å². The Morgan fingerprint density at radius 3 is 2.94 bits per heavy atom. The number of nitrogens with one attached hydrogen (secondary N) is 2. The molecule has 0 radical (unpaired) electrons. The van der Waals surface area contributed by atoms with Crippen LogP contribution in [0.1, 0.15) is 18.4 Å². The molecule has 0 spiro atoms. The molecule has 1 heterocycles. The minimum Gasteiger partial charge on any atom is -0.508 e. The summed E-state index contributed by atoms with van der Waals surface area (Å²) in [6, 6.07) is 6.50. The average molecular weight is 234 g/mol. The molecule has 5 nitrogen and oxygen atoms in total. The zero-order chi connectivity index (χ0) is 12.3. The summed E-state index contributed by atoms with van der Waals surface area (Å²) in [5.41, 5.74) is 0.898. The molecule has 1 aliphatic rings. The van der Waals surface area contributed by atoms with Crippen molar-refractivity contribution in [1.82, 2.24) is 10.6 Å². The van der Waals surface area contributed by atoms with Gasteiger partial charge in [-0.1, -0.05) is 12.1 Å². The van der Waals surface area contributed by atoms with Crippen LogP contribution >= 0.6 is 0 Å². The van der Waals surface area contributed by atoms with E-state index in [4.69, 9.17) is 0 Å². The van der Waals surface area contributed by atoms with Crippen molar-refractivity contribution in [3.63, 3.8) is 0 Å². The first-order chi connectivity index (χ1) is 8.15. The lowest BCUT2D eigenvalue weighted by atomic mass is 10.1. The number of benzene rings is 1. The van der Waals surface area contributed by atoms with E-state index in [1.807, 2.05) is 6.07 Å². The number of rotatable bonds is 3. The summed E-state index contributed by atoms with van der Waals surface area (Å²) < 4.78 is 0. The summed E-state index contributed by atoms with van der Waals surface area (Å²) in [7, 11) is 0. The van der Waals surface area contributed by atoms with Crippen LogP contribution in [0.2, 0.25) is 0 Å². The molecule has 1 fully saturated rings. The predicted molar refractivity (Wildman–Crippen MR) is 61.1 cm³/mol. The van der Waals surface area contributed by atoms with Crippen LogP contribution in [-0.4, -0.2) is 23.0 Å². The summed E-state index contributed by atoms with van der Waals surface area (Å²) in [4.78, 5) is 22.4. The number of phenolic OH excluding ortho intramolecular Hbond substituents is 1. The third kappa shape index (κ3) is 3.04. The first kappa shape index (κ1) is 11.6. The highest BCUT2D eigenvalue weighted by Crippen LogP contribution is 2.11. The van der Waals surface area contributed by atoms with Crippen LogP contribution < -0.4 is 10.6 Å². The van der Waals surface area contributed by atoms with E-state index in [-0.39, 0.29) is 23.6 Å². The summed E-state index contributed by atoms with van der Waals surface area (Å²) in [6.07, 6.45) is 0.882. The van der Waals surface area contributed by atoms with Crippen molar-refractivity contribution in [3.05, 3.63) is 29.8 Å². The first-order valence-corrected chi connectivity index (χ1v) is 5.50. The maximum Gasteiger partial charge on any atom is 0.243 e. The van der Waals surface area contributed by atoms with Crippen molar-refractivity contribution in [2.24, 2.45) is 0 Å². The van der Waals surface area contributed by atoms with Gasteiger partial charge in [-0.15, -0.1) is 0 Å². The van der Waals surface area contributed by atoms with E-state index in [0.29, 0.717) is 19.4 Å². The molecule has 90 valence electrons. The third-order valence-corrected chi connectivity index (χ3v) is 2.70. The number of carbonyl (C=O) groups is 2. The number of amides is 2. The molecule has 0 bridgehead atoms. The van der Waals surface area contributed by atoms with Crippen molar-refractivity contribution in [2.45, 2.75) is 25.4 Å². The zero-order valence-corrected chi connectivity index (χ0v) is 9.27. The second-order valence-corrected chi connectivity index (χ2v) is 4.05. The topological polar surface area (TPSA) is 78.4 Å². The second kappa shape index (κ2) is 4.97. The molecule has 2 rings (SSSR count). The van der Waals surface area contributed by atoms with Gasteiger partial charge in [0.25, 0.3) is 0 Å². The van der Waals surface area contributed by atoms with Crippen molar-refractivity contribution in [3.8, 4) is 5.75 Å². The lowest BCUT2D eigenvalue weighted by Gasteiger charge is -2.21. The van der Waals surface area contributed by atoms with Gasteiger partial charge in [0.1, 0.15) is 5.75 Å². The predicted octanol–water partition coefficient (Wildman–Crippen LogP) is 0.287. The van der Waals surface area contributed by atoms with Gasteiger partial charge in [-0.25, -0.2) is 0 Å². The number of hydrogen-bond donors (Lipinski definition) is 3. The average Bonchev–Trinajstić information content (AvgIpc) is 2.28. The van der Waals surface area contributed by atoms with Gasteiger partial charge < -0.3 is 10.4 Å². The maximum absolute atomic E-state index is 11.4. The molecule has 1 unspecified atom stereocenters. The van der Waals surface area contributed by atoms with E-state index < -0.39 is 0 Å². The standard InChI is InChI=1S/C12H14N2O3/c15-9-3-1-2-8(6-9)7-13-10-4-5-11(16)14-12(10)17/h1-3,6,10,13,15H,4-5,7H2,(H,14,16,17). The summed E-state index contributed by atoms with van der Waals surface area (Å²) in [5, 5.41) is 14.6. The lowest BCUT2D eigenvalue weighted by Crippen LogP contribution is -2.50. The number of piperidine rings is 1. The molecular formula is C12H14N2O3. The van der Waals surface area contributed by atoms with E-state index in [2.05, 4.69) is 10.6 Å². The Bertz CT molecular complexity index is 445. The molecule has 2 amide bonds. The lowest BCUT2D eigenvalue weighted by molar-refractivity contribution is -0.134. The highest BCUT2D eigenvalue weighted by atomic mass is 16.3. The number of imide groups is 1. The van der Waals surface area contributed by atoms with Crippen molar-refractivity contribution >= 4 is 11.8 Å². The SMILES string of the molecule is O=C1CCC(NCc2cccc(O)c2)C(=O)N1. The summed E-state index contributed by atoms with van der Waals surface area (Å²) >= 11 is 0. The Hall–Kier alpha value is -1.88. The van der Waals surface area contributed by atoms with Gasteiger partial charge in [0.05, 0.1) is 6.04 Å². The molecule has 0 saturated carbocycles. The molecule has 0 aromatic heterocycles. The van der Waals surface area contributed by atoms with Crippen molar-refractivity contribution in [2.75, 3.05) is 0 Å². The Labute approximate surface area is 98.8 Å². The van der Waals surface area contributed by atoms with Crippen molar-refractivity contribution in [1.29, 1.82) is 0 Å². The molecule has 0 aliphatic carbocycles. The third-order valence-electron chi connectivity index (χ3n) is 2.70. The van der Waals surface area contributed by atoms with Gasteiger partial charge in [0, 0.05) is 13.0 Å². The van der Waals surface area contributed by atoms with Gasteiger partial charge in [-0.3, -0.25) is 14.9 Å². The molecule has 1 atom stereocenters. The normalized spacial score (nSPS) is 20.1. The van der Waals surface area contributed by atoms with Crippen LogP contribution in [0.5, 0.6) is 5.75 Å². The Morgan fingerprint density at radius 1 is 1.41 bits per heavy atom. The molecule has 3 N–H and O–H groups in total. The Balaban J connectivity index is 1.90. The van der Waals surface area contributed by atoms with E-state index in [0.717, 1.165) is 5.56 Å². The summed E-state index contributed by atoms with van der Waals surface area (Å²) in [6.45, 7) is 0.487. The highest BCUT2D eigenvalue weighted by Gasteiger charge is 2.25. The molecular weight excluding hydrogens is 220 g/mol. The van der Waals surface area contributed by atoms with Gasteiger partial charge >= 0.3 is 0 Å². The van der Waals surface area contributed by atoms with Gasteiger partial charge in [0.2, 0.25) is 11.8 Å². The molecule has 1 aromatic carbocycles. The monoisotopic (exact) mass is 234 g/mol. The van der Waals surface area contributed by atoms with Crippen molar-refractivity contribution < 1.29 is 14.7 Å². The van der Waals surface area contributed by atoms with E-state index in [9.17, 15) is 14.7 Å². The van der Waals surface area contributed by atoms with Crippen LogP contribution in [0.3, 0.4) is 0 Å². The zero-order valence-electron chi connectivity index (χ0n) is 9.27. The number of phenols is 1. The second-order valence-electron chi connectivity index (χ2n) is 4.05. The first-order valence-electron chi connectivity index (χ1n) is 5.50. The fourth-order valence-electron chi connectivity index (χ4n) is 1.80. The van der Waals surface area contributed by atoms with Crippen LogP contribution in [-0.2, 0) is 16.1 Å². The van der Waals surface area contributed by atoms with Gasteiger partial charge in [-0.2, -0.15) is 0 Å². The Kier molecular flexibility index (Phi) is 3.39. The minimum atomic E-state index is -0.338. The maximum atomic E-state index is 11.4. The molecule has 1 aliphatic heterocycles. The number of hydrogen-bond acceptors (Lipinski definition) is 4. The largest absolute Gasteiger partial charge is 0.508 e. The van der Waals surface area contributed by atoms with E-state index >= 15 is 0 Å². The quantitative estimate of drug-likeness (QED) is 0.657. The minimum absolute atomic E-state index is 0.201. The fourth-order valence-corrected chi connectivity index (χ4v) is 1.80. The van der Waals surface area contributed by atoms with Crippen LogP contribution in [0, 0.1) is 0 Å². The van der Waals surface area contributed by atoms with Crippen LogP contribution in [0.4, 0.5) is 0 Å². The number of carbonyl (C=O) groups excluding carboxylic acids is 2. The van der Waals surface area contributed by atoms with E-state index in [1.165, 1.54) is 0 Å². The highest BCUT2D eigenvalue weighted by molar-refractivity contribution is 6.00. The molecule has 1 saturated heterocycles. The smallest absolute Gasteiger partial charge is 0.243 e. The van der Waals surface area contributed by atoms with Gasteiger partial charge in [-0.05, 0) is 24.1 Å². The number of aromatic hydroxyl groups is 1. The Morgan fingerprint density at radius 2 is 2.24 bits per heavy atom. The van der Waals surface area contributed by atoms with Crippen LogP contribution in [0.15, 0.2) is 24.3 Å². The molecule has 17 heavy (non-hydrogen) atoms. The summed E-state index contributed by atoms with van der Waals surface area (Å²) in [5.74, 6) is -0.292. The molecule has 1 aromatic rings.